The first-order valence-electron chi connectivity index (χ1n) is 6.67. The van der Waals surface area contributed by atoms with Crippen LogP contribution in [0.1, 0.15) is 21.5 Å². The fraction of sp³-hybridized carbons (Fsp3) is 0.133. The van der Waals surface area contributed by atoms with E-state index in [9.17, 15) is 22.0 Å². The molecule has 1 heterocycles. The number of ether oxygens (including phenoxy) is 1. The van der Waals surface area contributed by atoms with Crippen molar-refractivity contribution in [2.45, 2.75) is 6.92 Å². The lowest BCUT2D eigenvalue weighted by Gasteiger charge is -2.10. The van der Waals surface area contributed by atoms with E-state index < -0.39 is 38.9 Å². The van der Waals surface area contributed by atoms with Gasteiger partial charge in [-0.25, -0.2) is 26.9 Å². The van der Waals surface area contributed by atoms with Crippen LogP contribution in [0.4, 0.5) is 8.78 Å². The second kappa shape index (κ2) is 6.82. The maximum absolute atomic E-state index is 14.1. The minimum absolute atomic E-state index is 0.0428. The second-order valence-electron chi connectivity index (χ2n) is 4.99. The molecule has 0 aliphatic heterocycles. The van der Waals surface area contributed by atoms with E-state index in [1.807, 2.05) is 6.07 Å². The second-order valence-corrected chi connectivity index (χ2v) is 6.74. The van der Waals surface area contributed by atoms with Gasteiger partial charge in [0.1, 0.15) is 17.4 Å². The molecule has 1 aromatic heterocycles. The molecule has 10 heteroatoms. The predicted molar refractivity (Wildman–Crippen MR) is 82.4 cm³/mol. The summed E-state index contributed by atoms with van der Waals surface area (Å²) in [5.41, 5.74) is -0.244. The summed E-state index contributed by atoms with van der Waals surface area (Å²) in [5.74, 6) is -4.50. The molecule has 0 aliphatic carbocycles. The Bertz CT molecular complexity index is 1000. The lowest BCUT2D eigenvalue weighted by atomic mass is 10.1. The summed E-state index contributed by atoms with van der Waals surface area (Å²) in [5, 5.41) is 9.08. The van der Waals surface area contributed by atoms with Crippen molar-refractivity contribution >= 4 is 15.9 Å². The molecule has 0 atom stereocenters. The highest BCUT2D eigenvalue weighted by Gasteiger charge is 2.20. The summed E-state index contributed by atoms with van der Waals surface area (Å²) in [6, 6.07) is 4.44. The molecule has 0 fully saturated rings. The zero-order valence-corrected chi connectivity index (χ0v) is 13.8. The fourth-order valence-corrected chi connectivity index (χ4v) is 2.30. The fourth-order valence-electron chi connectivity index (χ4n) is 1.86. The summed E-state index contributed by atoms with van der Waals surface area (Å²) >= 11 is 0. The molecular weight excluding hydrogens is 356 g/mol. The van der Waals surface area contributed by atoms with E-state index in [1.54, 1.807) is 13.0 Å². The van der Waals surface area contributed by atoms with E-state index in [0.29, 0.717) is 24.0 Å². The first-order chi connectivity index (χ1) is 11.6. The Hall–Kier alpha value is -3.06. The third kappa shape index (κ3) is 4.27. The number of rotatable bonds is 4. The van der Waals surface area contributed by atoms with Gasteiger partial charge in [-0.3, -0.25) is 4.79 Å². The van der Waals surface area contributed by atoms with Crippen molar-refractivity contribution in [3.05, 3.63) is 52.7 Å². The van der Waals surface area contributed by atoms with E-state index in [2.05, 4.69) is 4.98 Å². The van der Waals surface area contributed by atoms with Crippen LogP contribution in [0, 0.1) is 29.9 Å². The topological polar surface area (TPSA) is 109 Å². The monoisotopic (exact) mass is 367 g/mol. The van der Waals surface area contributed by atoms with Crippen molar-refractivity contribution in [1.29, 1.82) is 5.26 Å². The van der Waals surface area contributed by atoms with Crippen LogP contribution in [0.3, 0.4) is 0 Å². The van der Waals surface area contributed by atoms with Gasteiger partial charge in [0, 0.05) is 12.3 Å². The number of halogens is 2. The largest absolute Gasteiger partial charge is 0.434 e. The molecule has 2 rings (SSSR count). The zero-order valence-electron chi connectivity index (χ0n) is 13.0. The van der Waals surface area contributed by atoms with Crippen LogP contribution in [0.5, 0.6) is 11.6 Å². The van der Waals surface area contributed by atoms with Gasteiger partial charge in [-0.15, -0.1) is 0 Å². The van der Waals surface area contributed by atoms with Crippen LogP contribution >= 0.6 is 0 Å². The zero-order chi connectivity index (χ0) is 18.8. The van der Waals surface area contributed by atoms with Gasteiger partial charge in [0.15, 0.2) is 11.6 Å². The number of pyridine rings is 1. The van der Waals surface area contributed by atoms with Gasteiger partial charge in [-0.1, -0.05) is 0 Å². The molecule has 0 radical (unpaired) electrons. The predicted octanol–water partition coefficient (Wildman–Crippen LogP) is 2.02. The Morgan fingerprint density at radius 2 is 2.00 bits per heavy atom. The Kier molecular flexibility index (Phi) is 4.99. The van der Waals surface area contributed by atoms with Crippen molar-refractivity contribution in [3.8, 4) is 17.7 Å². The molecule has 0 saturated heterocycles. The Balaban J connectivity index is 2.40. The van der Waals surface area contributed by atoms with Crippen LogP contribution < -0.4 is 9.46 Å². The number of carbonyl (C=O) groups is 1. The Morgan fingerprint density at radius 1 is 1.32 bits per heavy atom. The summed E-state index contributed by atoms with van der Waals surface area (Å²) in [6.45, 7) is 1.61. The van der Waals surface area contributed by atoms with Gasteiger partial charge in [0.25, 0.3) is 5.91 Å². The van der Waals surface area contributed by atoms with Gasteiger partial charge in [-0.05, 0) is 24.6 Å². The quantitative estimate of drug-likeness (QED) is 0.885. The lowest BCUT2D eigenvalue weighted by Crippen LogP contribution is -2.30. The highest BCUT2D eigenvalue weighted by molar-refractivity contribution is 7.89. The van der Waals surface area contributed by atoms with E-state index in [-0.39, 0.29) is 11.4 Å². The molecule has 1 amide bonds. The van der Waals surface area contributed by atoms with Crippen LogP contribution in [0.25, 0.3) is 0 Å². The van der Waals surface area contributed by atoms with Gasteiger partial charge >= 0.3 is 0 Å². The highest BCUT2D eigenvalue weighted by Crippen LogP contribution is 2.28. The summed E-state index contributed by atoms with van der Waals surface area (Å²) < 4.78 is 56.8. The highest BCUT2D eigenvalue weighted by atomic mass is 32.2. The molecule has 1 N–H and O–H groups in total. The summed E-state index contributed by atoms with van der Waals surface area (Å²) in [6.07, 6.45) is 2.02. The number of nitriles is 1. The molecule has 1 aromatic carbocycles. The minimum atomic E-state index is -3.94. The number of benzene rings is 1. The number of carbonyl (C=O) groups excluding carboxylic acids is 1. The first-order valence-corrected chi connectivity index (χ1v) is 8.56. The smallest absolute Gasteiger partial charge is 0.267 e. The first kappa shape index (κ1) is 18.3. The molecule has 0 saturated carbocycles. The third-order valence-corrected chi connectivity index (χ3v) is 3.54. The number of hydrogen-bond acceptors (Lipinski definition) is 6. The Morgan fingerprint density at radius 3 is 2.60 bits per heavy atom. The minimum Gasteiger partial charge on any atom is -0.434 e. The van der Waals surface area contributed by atoms with E-state index in [1.165, 1.54) is 10.9 Å². The normalized spacial score (nSPS) is 10.8. The van der Waals surface area contributed by atoms with Gasteiger partial charge in [0.2, 0.25) is 15.9 Å². The number of nitrogens with one attached hydrogen (secondary N) is 1. The number of amides is 1. The maximum Gasteiger partial charge on any atom is 0.267 e. The third-order valence-electron chi connectivity index (χ3n) is 2.99. The van der Waals surface area contributed by atoms with E-state index in [0.717, 1.165) is 0 Å². The van der Waals surface area contributed by atoms with E-state index >= 15 is 0 Å². The SMILES string of the molecule is Cc1ccnc(Oc2cc(F)c(C(=O)NS(C)(=O)=O)cc2F)c1C#N. The molecule has 0 unspecified atom stereocenters. The number of aromatic nitrogens is 1. The average molecular weight is 367 g/mol. The van der Waals surface area contributed by atoms with Crippen LogP contribution in [0.2, 0.25) is 0 Å². The molecule has 130 valence electrons. The average Bonchev–Trinajstić information content (AvgIpc) is 2.49. The van der Waals surface area contributed by atoms with Crippen LogP contribution in [-0.2, 0) is 10.0 Å². The van der Waals surface area contributed by atoms with Gasteiger partial charge < -0.3 is 4.74 Å². The number of hydrogen-bond donors (Lipinski definition) is 1. The van der Waals surface area contributed by atoms with Gasteiger partial charge in [-0.2, -0.15) is 5.26 Å². The van der Waals surface area contributed by atoms with Crippen molar-refractivity contribution < 1.29 is 26.7 Å². The Labute approximate surface area is 141 Å². The van der Waals surface area contributed by atoms with Gasteiger partial charge in [0.05, 0.1) is 11.8 Å². The van der Waals surface area contributed by atoms with Crippen LogP contribution in [0.15, 0.2) is 24.4 Å². The molecule has 25 heavy (non-hydrogen) atoms. The molecule has 0 aliphatic rings. The molecule has 0 spiro atoms. The van der Waals surface area contributed by atoms with E-state index in [4.69, 9.17) is 10.00 Å². The standard InChI is InChI=1S/C15H11F2N3O4S/c1-8-3-4-19-15(10(8)7-18)24-13-6-11(16)9(5-12(13)17)14(21)20-25(2,22)23/h3-6H,1-2H3,(H,20,21). The molecule has 7 nitrogen and oxygen atoms in total. The molecular formula is C15H11F2N3O4S. The van der Waals surface area contributed by atoms with Crippen molar-refractivity contribution in [1.82, 2.24) is 9.71 Å². The lowest BCUT2D eigenvalue weighted by molar-refractivity contribution is 0.0977. The number of sulfonamides is 1. The summed E-state index contributed by atoms with van der Waals surface area (Å²) in [4.78, 5) is 15.4. The maximum atomic E-state index is 14.1. The van der Waals surface area contributed by atoms with Crippen molar-refractivity contribution in [2.75, 3.05) is 6.26 Å². The summed E-state index contributed by atoms with van der Waals surface area (Å²) in [7, 11) is -3.94. The number of nitrogens with zero attached hydrogens (tertiary/aromatic N) is 2. The van der Waals surface area contributed by atoms with Crippen LogP contribution in [-0.4, -0.2) is 25.6 Å². The molecule has 0 bridgehead atoms. The van der Waals surface area contributed by atoms with Crippen molar-refractivity contribution in [3.63, 3.8) is 0 Å². The van der Waals surface area contributed by atoms with Crippen molar-refractivity contribution in [2.24, 2.45) is 0 Å². The molecule has 2 aromatic rings. The number of aryl methyl sites for hydroxylation is 1.